The normalized spacial score (nSPS) is 34.1. The summed E-state index contributed by atoms with van der Waals surface area (Å²) < 4.78 is 11.4. The van der Waals surface area contributed by atoms with E-state index in [0.29, 0.717) is 22.3 Å². The Morgan fingerprint density at radius 1 is 1.38 bits per heavy atom. The molecule has 0 amide bonds. The first kappa shape index (κ1) is 14.5. The molecule has 2 nitrogen and oxygen atoms in total. The largest absolute Gasteiger partial charge is 0.379 e. The molecule has 1 saturated carbocycles. The van der Waals surface area contributed by atoms with Crippen molar-refractivity contribution in [3.05, 3.63) is 0 Å². The zero-order valence-electron chi connectivity index (χ0n) is 11.0. The zero-order valence-corrected chi connectivity index (χ0v) is 12.5. The molecule has 0 radical (unpaired) electrons. The van der Waals surface area contributed by atoms with Crippen molar-refractivity contribution in [1.82, 2.24) is 0 Å². The Balaban J connectivity index is 2.10. The van der Waals surface area contributed by atoms with Crippen molar-refractivity contribution in [2.45, 2.75) is 51.5 Å². The van der Waals surface area contributed by atoms with E-state index in [1.165, 1.54) is 6.42 Å². The van der Waals surface area contributed by atoms with Gasteiger partial charge in [-0.05, 0) is 18.8 Å². The fourth-order valence-electron chi connectivity index (χ4n) is 2.04. The summed E-state index contributed by atoms with van der Waals surface area (Å²) in [6, 6.07) is 0. The number of halogens is 1. The van der Waals surface area contributed by atoms with Crippen LogP contribution in [0, 0.1) is 11.3 Å². The molecule has 1 rings (SSSR count). The highest BCUT2D eigenvalue weighted by molar-refractivity contribution is 9.09. The number of hydrogen-bond donors (Lipinski definition) is 0. The lowest BCUT2D eigenvalue weighted by Gasteiger charge is -2.51. The molecule has 0 aromatic rings. The van der Waals surface area contributed by atoms with E-state index in [9.17, 15) is 0 Å². The Morgan fingerprint density at radius 2 is 2.06 bits per heavy atom. The molecule has 1 aliphatic rings. The molecule has 3 unspecified atom stereocenters. The molecule has 0 aromatic heterocycles. The molecule has 0 heterocycles. The fraction of sp³-hybridized carbons (Fsp3) is 1.00. The molecule has 0 spiro atoms. The van der Waals surface area contributed by atoms with Gasteiger partial charge in [0.1, 0.15) is 0 Å². The molecule has 0 bridgehead atoms. The monoisotopic (exact) mass is 292 g/mol. The summed E-state index contributed by atoms with van der Waals surface area (Å²) in [5.41, 5.74) is 0.318. The molecule has 3 heteroatoms. The minimum Gasteiger partial charge on any atom is -0.379 e. The van der Waals surface area contributed by atoms with Crippen molar-refractivity contribution >= 4 is 15.9 Å². The van der Waals surface area contributed by atoms with E-state index < -0.39 is 0 Å². The molecular formula is C13H25BrO2. The maximum Gasteiger partial charge on any atom is 0.0704 e. The zero-order chi connectivity index (χ0) is 12.2. The average molecular weight is 293 g/mol. The fourth-order valence-corrected chi connectivity index (χ4v) is 3.00. The molecule has 3 atom stereocenters. The molecule has 0 N–H and O–H groups in total. The van der Waals surface area contributed by atoms with Gasteiger partial charge in [-0.25, -0.2) is 0 Å². The van der Waals surface area contributed by atoms with Gasteiger partial charge in [0.2, 0.25) is 0 Å². The van der Waals surface area contributed by atoms with E-state index >= 15 is 0 Å². The summed E-state index contributed by atoms with van der Waals surface area (Å²) in [6.07, 6.45) is 2.71. The lowest BCUT2D eigenvalue weighted by Crippen LogP contribution is -2.53. The van der Waals surface area contributed by atoms with Crippen molar-refractivity contribution in [1.29, 1.82) is 0 Å². The second-order valence-corrected chi connectivity index (χ2v) is 6.50. The highest BCUT2D eigenvalue weighted by atomic mass is 79.9. The quantitative estimate of drug-likeness (QED) is 0.527. The smallest absolute Gasteiger partial charge is 0.0704 e. The number of rotatable bonds is 7. The van der Waals surface area contributed by atoms with Crippen LogP contribution >= 0.6 is 15.9 Å². The van der Waals surface area contributed by atoms with Gasteiger partial charge in [0.05, 0.1) is 19.3 Å². The highest BCUT2D eigenvalue weighted by Gasteiger charge is 2.49. The van der Waals surface area contributed by atoms with Crippen molar-refractivity contribution < 1.29 is 9.47 Å². The molecule has 16 heavy (non-hydrogen) atoms. The Bertz CT molecular complexity index is 208. The van der Waals surface area contributed by atoms with Crippen LogP contribution in [-0.4, -0.2) is 30.8 Å². The third-order valence-electron chi connectivity index (χ3n) is 3.63. The van der Waals surface area contributed by atoms with E-state index in [0.717, 1.165) is 26.2 Å². The number of ether oxygens (including phenoxy) is 2. The maximum absolute atomic E-state index is 5.88. The van der Waals surface area contributed by atoms with Gasteiger partial charge in [-0.2, -0.15) is 0 Å². The van der Waals surface area contributed by atoms with Crippen LogP contribution in [0.25, 0.3) is 0 Å². The molecule has 0 aromatic carbocycles. The van der Waals surface area contributed by atoms with Gasteiger partial charge in [-0.1, -0.05) is 43.6 Å². The Labute approximate surface area is 108 Å². The van der Waals surface area contributed by atoms with Gasteiger partial charge >= 0.3 is 0 Å². The molecule has 0 saturated heterocycles. The minimum absolute atomic E-state index is 0.318. The van der Waals surface area contributed by atoms with Crippen LogP contribution in [0.4, 0.5) is 0 Å². The van der Waals surface area contributed by atoms with Crippen LogP contribution in [0.2, 0.25) is 0 Å². The van der Waals surface area contributed by atoms with Gasteiger partial charge in [0.25, 0.3) is 0 Å². The predicted octanol–water partition coefficient (Wildman–Crippen LogP) is 3.63. The van der Waals surface area contributed by atoms with Gasteiger partial charge in [-0.3, -0.25) is 0 Å². The highest BCUT2D eigenvalue weighted by Crippen LogP contribution is 2.49. The van der Waals surface area contributed by atoms with Crippen LogP contribution in [0.1, 0.15) is 40.5 Å². The Hall–Kier alpha value is 0.400. The topological polar surface area (TPSA) is 18.5 Å². The van der Waals surface area contributed by atoms with Crippen molar-refractivity contribution in [3.63, 3.8) is 0 Å². The first-order chi connectivity index (χ1) is 7.50. The number of alkyl halides is 1. The van der Waals surface area contributed by atoms with Crippen LogP contribution in [0.3, 0.4) is 0 Å². The summed E-state index contributed by atoms with van der Waals surface area (Å²) in [7, 11) is 0. The van der Waals surface area contributed by atoms with Crippen LogP contribution < -0.4 is 0 Å². The van der Waals surface area contributed by atoms with Crippen LogP contribution in [-0.2, 0) is 9.47 Å². The third kappa shape index (κ3) is 3.44. The molecule has 0 aliphatic heterocycles. The standard InChI is InChI=1S/C13H25BrO2/c1-5-13(4)11(14)8-12(13)16-7-6-15-9-10(2)3/h10-12H,5-9H2,1-4H3. The van der Waals surface area contributed by atoms with Gasteiger partial charge in [0.15, 0.2) is 0 Å². The van der Waals surface area contributed by atoms with E-state index in [2.05, 4.69) is 43.6 Å². The summed E-state index contributed by atoms with van der Waals surface area (Å²) in [6.45, 7) is 11.1. The molecule has 1 aliphatic carbocycles. The third-order valence-corrected chi connectivity index (χ3v) is 5.05. The summed E-state index contributed by atoms with van der Waals surface area (Å²) in [5.74, 6) is 0.608. The Kier molecular flexibility index (Phi) is 5.75. The predicted molar refractivity (Wildman–Crippen MR) is 71.1 cm³/mol. The van der Waals surface area contributed by atoms with Crippen molar-refractivity contribution in [2.24, 2.45) is 11.3 Å². The second-order valence-electron chi connectivity index (χ2n) is 5.39. The van der Waals surface area contributed by atoms with E-state index in [1.54, 1.807) is 0 Å². The van der Waals surface area contributed by atoms with Gasteiger partial charge < -0.3 is 9.47 Å². The SMILES string of the molecule is CCC1(C)C(Br)CC1OCCOCC(C)C. The Morgan fingerprint density at radius 3 is 2.56 bits per heavy atom. The van der Waals surface area contributed by atoms with Crippen LogP contribution in [0.5, 0.6) is 0 Å². The van der Waals surface area contributed by atoms with E-state index in [-0.39, 0.29) is 0 Å². The summed E-state index contributed by atoms with van der Waals surface area (Å²) >= 11 is 3.71. The average Bonchev–Trinajstić information content (AvgIpc) is 2.25. The van der Waals surface area contributed by atoms with E-state index in [4.69, 9.17) is 9.47 Å². The first-order valence-electron chi connectivity index (χ1n) is 6.34. The van der Waals surface area contributed by atoms with E-state index in [1.807, 2.05) is 0 Å². The van der Waals surface area contributed by atoms with Crippen LogP contribution in [0.15, 0.2) is 0 Å². The summed E-state index contributed by atoms with van der Waals surface area (Å²) in [5, 5.41) is 0. The first-order valence-corrected chi connectivity index (χ1v) is 7.25. The maximum atomic E-state index is 5.88. The molecule has 1 fully saturated rings. The second kappa shape index (κ2) is 6.36. The molecule has 96 valence electrons. The lowest BCUT2D eigenvalue weighted by atomic mass is 9.66. The minimum atomic E-state index is 0.318. The number of hydrogen-bond acceptors (Lipinski definition) is 2. The van der Waals surface area contributed by atoms with Gasteiger partial charge in [-0.15, -0.1) is 0 Å². The van der Waals surface area contributed by atoms with Crippen molar-refractivity contribution in [3.8, 4) is 0 Å². The summed E-state index contributed by atoms with van der Waals surface area (Å²) in [4.78, 5) is 0.617. The van der Waals surface area contributed by atoms with Crippen molar-refractivity contribution in [2.75, 3.05) is 19.8 Å². The van der Waals surface area contributed by atoms with Gasteiger partial charge in [0, 0.05) is 16.8 Å². The lowest BCUT2D eigenvalue weighted by molar-refractivity contribution is -0.109. The molecular weight excluding hydrogens is 268 g/mol.